The van der Waals surface area contributed by atoms with Crippen LogP contribution < -0.4 is 5.32 Å². The van der Waals surface area contributed by atoms with Crippen LogP contribution in [0.2, 0.25) is 0 Å². The first-order chi connectivity index (χ1) is 11.6. The van der Waals surface area contributed by atoms with Crippen molar-refractivity contribution in [2.24, 2.45) is 0 Å². The maximum atomic E-state index is 12.6. The molecular formula is C17H18N2O5S. The molecule has 0 radical (unpaired) electrons. The number of nitro groups is 1. The molecule has 2 aromatic rings. The molecule has 0 heterocycles. The van der Waals surface area contributed by atoms with Gasteiger partial charge in [0.2, 0.25) is 5.91 Å². The van der Waals surface area contributed by atoms with Gasteiger partial charge in [0.25, 0.3) is 5.69 Å². The summed E-state index contributed by atoms with van der Waals surface area (Å²) in [5, 5.41) is 11.9. The molecule has 0 aromatic heterocycles. The Balaban J connectivity index is 2.25. The number of nitro benzene ring substituents is 1. The largest absolute Gasteiger partial charge is 0.325 e. The smallest absolute Gasteiger partial charge is 0.269 e. The fourth-order valence-corrected chi connectivity index (χ4v) is 3.49. The summed E-state index contributed by atoms with van der Waals surface area (Å²) in [5.41, 5.74) is 2.17. The molecule has 0 saturated carbocycles. The third kappa shape index (κ3) is 3.85. The lowest BCUT2D eigenvalue weighted by Gasteiger charge is -2.15. The number of nitrogens with zero attached hydrogens (tertiary/aromatic N) is 1. The van der Waals surface area contributed by atoms with Crippen molar-refractivity contribution < 1.29 is 18.1 Å². The summed E-state index contributed by atoms with van der Waals surface area (Å²) >= 11 is 0. The van der Waals surface area contributed by atoms with E-state index >= 15 is 0 Å². The Morgan fingerprint density at radius 3 is 2.28 bits per heavy atom. The molecule has 1 amide bonds. The van der Waals surface area contributed by atoms with Gasteiger partial charge in [0.05, 0.1) is 9.82 Å². The SMILES string of the molecule is Cc1cccc(NC(=O)[C@H](C)S(=O)(=O)c2ccc([N+](=O)[O-])cc2)c1C. The number of non-ortho nitro benzene ring substituents is 1. The van der Waals surface area contributed by atoms with E-state index in [4.69, 9.17) is 0 Å². The van der Waals surface area contributed by atoms with E-state index in [1.807, 2.05) is 19.9 Å². The van der Waals surface area contributed by atoms with Gasteiger partial charge in [-0.2, -0.15) is 0 Å². The Labute approximate surface area is 145 Å². The second-order valence-electron chi connectivity index (χ2n) is 5.67. The first-order valence-electron chi connectivity index (χ1n) is 7.50. The Morgan fingerprint density at radius 1 is 1.12 bits per heavy atom. The zero-order valence-corrected chi connectivity index (χ0v) is 14.8. The van der Waals surface area contributed by atoms with E-state index < -0.39 is 25.9 Å². The van der Waals surface area contributed by atoms with Crippen LogP contribution in [0.1, 0.15) is 18.1 Å². The van der Waals surface area contributed by atoms with Crippen LogP contribution in [-0.2, 0) is 14.6 Å². The predicted molar refractivity (Wildman–Crippen MR) is 94.3 cm³/mol. The third-order valence-corrected chi connectivity index (χ3v) is 6.15. The fourth-order valence-electron chi connectivity index (χ4n) is 2.22. The number of carbonyl (C=O) groups excluding carboxylic acids is 1. The van der Waals surface area contributed by atoms with Crippen LogP contribution in [0.25, 0.3) is 0 Å². The lowest BCUT2D eigenvalue weighted by molar-refractivity contribution is -0.384. The highest BCUT2D eigenvalue weighted by Crippen LogP contribution is 2.22. The Morgan fingerprint density at radius 2 is 1.72 bits per heavy atom. The van der Waals surface area contributed by atoms with Gasteiger partial charge in [-0.25, -0.2) is 8.42 Å². The van der Waals surface area contributed by atoms with E-state index in [0.717, 1.165) is 35.4 Å². The molecule has 0 aliphatic heterocycles. The van der Waals surface area contributed by atoms with E-state index in [1.165, 1.54) is 6.92 Å². The molecule has 0 bridgehead atoms. The van der Waals surface area contributed by atoms with Gasteiger partial charge in [-0.1, -0.05) is 12.1 Å². The van der Waals surface area contributed by atoms with Crippen LogP contribution in [0.3, 0.4) is 0 Å². The summed E-state index contributed by atoms with van der Waals surface area (Å²) in [6.07, 6.45) is 0. The molecule has 132 valence electrons. The molecule has 8 heteroatoms. The van der Waals surface area contributed by atoms with Gasteiger partial charge in [0.15, 0.2) is 9.84 Å². The zero-order valence-electron chi connectivity index (χ0n) is 14.0. The quantitative estimate of drug-likeness (QED) is 0.650. The first kappa shape index (κ1) is 18.6. The van der Waals surface area contributed by atoms with Crippen LogP contribution in [0.4, 0.5) is 11.4 Å². The van der Waals surface area contributed by atoms with Gasteiger partial charge in [0.1, 0.15) is 5.25 Å². The number of aryl methyl sites for hydroxylation is 1. The number of nitrogens with one attached hydrogen (secondary N) is 1. The molecule has 25 heavy (non-hydrogen) atoms. The van der Waals surface area contributed by atoms with Crippen LogP contribution in [-0.4, -0.2) is 24.5 Å². The van der Waals surface area contributed by atoms with Crippen molar-refractivity contribution in [3.8, 4) is 0 Å². The summed E-state index contributed by atoms with van der Waals surface area (Å²) in [4.78, 5) is 22.3. The summed E-state index contributed by atoms with van der Waals surface area (Å²) in [6.45, 7) is 5.01. The number of sulfone groups is 1. The van der Waals surface area contributed by atoms with Crippen molar-refractivity contribution in [2.45, 2.75) is 30.9 Å². The van der Waals surface area contributed by atoms with Crippen molar-refractivity contribution in [3.63, 3.8) is 0 Å². The lowest BCUT2D eigenvalue weighted by Crippen LogP contribution is -2.32. The minimum absolute atomic E-state index is 0.137. The fraction of sp³-hybridized carbons (Fsp3) is 0.235. The van der Waals surface area contributed by atoms with Crippen molar-refractivity contribution in [1.82, 2.24) is 0 Å². The van der Waals surface area contributed by atoms with Crippen LogP contribution in [0.15, 0.2) is 47.4 Å². The summed E-state index contributed by atoms with van der Waals surface area (Å²) < 4.78 is 25.1. The number of hydrogen-bond donors (Lipinski definition) is 1. The maximum Gasteiger partial charge on any atom is 0.269 e. The average molecular weight is 362 g/mol. The normalized spacial score (nSPS) is 12.4. The van der Waals surface area contributed by atoms with Gasteiger partial charge >= 0.3 is 0 Å². The lowest BCUT2D eigenvalue weighted by atomic mass is 10.1. The van der Waals surface area contributed by atoms with Crippen molar-refractivity contribution in [3.05, 3.63) is 63.7 Å². The summed E-state index contributed by atoms with van der Waals surface area (Å²) in [5.74, 6) is -0.660. The van der Waals surface area contributed by atoms with Crippen molar-refractivity contribution in [2.75, 3.05) is 5.32 Å². The van der Waals surface area contributed by atoms with E-state index in [9.17, 15) is 23.3 Å². The minimum Gasteiger partial charge on any atom is -0.325 e. The predicted octanol–water partition coefficient (Wildman–Crippen LogP) is 3.01. The van der Waals surface area contributed by atoms with Crippen molar-refractivity contribution in [1.29, 1.82) is 0 Å². The van der Waals surface area contributed by atoms with Crippen molar-refractivity contribution >= 4 is 27.1 Å². The summed E-state index contributed by atoms with van der Waals surface area (Å²) in [7, 11) is -3.96. The molecule has 7 nitrogen and oxygen atoms in total. The zero-order chi connectivity index (χ0) is 18.8. The summed E-state index contributed by atoms with van der Waals surface area (Å²) in [6, 6.07) is 9.83. The average Bonchev–Trinajstić information content (AvgIpc) is 2.58. The number of benzene rings is 2. The molecule has 2 aromatic carbocycles. The maximum absolute atomic E-state index is 12.6. The van der Waals surface area contributed by atoms with Gasteiger partial charge in [-0.3, -0.25) is 14.9 Å². The van der Waals surface area contributed by atoms with E-state index in [-0.39, 0.29) is 10.6 Å². The number of carbonyl (C=O) groups is 1. The second-order valence-corrected chi connectivity index (χ2v) is 7.94. The molecular weight excluding hydrogens is 344 g/mol. The van der Waals surface area contributed by atoms with Crippen LogP contribution in [0, 0.1) is 24.0 Å². The molecule has 0 aliphatic rings. The van der Waals surface area contributed by atoms with Gasteiger partial charge in [-0.05, 0) is 50.1 Å². The highest BCUT2D eigenvalue weighted by Gasteiger charge is 2.30. The number of rotatable bonds is 5. The molecule has 0 spiro atoms. The number of anilines is 1. The molecule has 1 atom stereocenters. The molecule has 2 rings (SSSR count). The Bertz CT molecular complexity index is 921. The Kier molecular flexibility index (Phi) is 5.22. The second kappa shape index (κ2) is 7.02. The van der Waals surface area contributed by atoms with Crippen LogP contribution >= 0.6 is 0 Å². The topological polar surface area (TPSA) is 106 Å². The Hall–Kier alpha value is -2.74. The van der Waals surface area contributed by atoms with Gasteiger partial charge in [0, 0.05) is 17.8 Å². The molecule has 0 saturated heterocycles. The van der Waals surface area contributed by atoms with Gasteiger partial charge < -0.3 is 5.32 Å². The van der Waals surface area contributed by atoms with E-state index in [2.05, 4.69) is 5.32 Å². The van der Waals surface area contributed by atoms with Gasteiger partial charge in [-0.15, -0.1) is 0 Å². The first-order valence-corrected chi connectivity index (χ1v) is 9.04. The highest BCUT2D eigenvalue weighted by molar-refractivity contribution is 7.92. The molecule has 1 N–H and O–H groups in total. The number of amides is 1. The molecule has 0 aliphatic carbocycles. The third-order valence-electron chi connectivity index (χ3n) is 4.07. The van der Waals surface area contributed by atoms with E-state index in [0.29, 0.717) is 5.69 Å². The van der Waals surface area contributed by atoms with Crippen LogP contribution in [0.5, 0.6) is 0 Å². The standard InChI is InChI=1S/C17H18N2O5S/c1-11-5-4-6-16(12(11)2)18-17(20)13(3)25(23,24)15-9-7-14(8-10-15)19(21)22/h4-10,13H,1-3H3,(H,18,20)/t13-/m0/s1. The monoisotopic (exact) mass is 362 g/mol. The molecule has 0 unspecified atom stereocenters. The number of hydrogen-bond acceptors (Lipinski definition) is 5. The highest BCUT2D eigenvalue weighted by atomic mass is 32.2. The molecule has 0 fully saturated rings. The van der Waals surface area contributed by atoms with E-state index in [1.54, 1.807) is 12.1 Å². The minimum atomic E-state index is -3.96.